The van der Waals surface area contributed by atoms with E-state index in [9.17, 15) is 0 Å². The van der Waals surface area contributed by atoms with Gasteiger partial charge in [-0.1, -0.05) is 60.7 Å². The average Bonchev–Trinajstić information content (AvgIpc) is 3.18. The first-order valence-electron chi connectivity index (χ1n) is 9.31. The van der Waals surface area contributed by atoms with Crippen molar-refractivity contribution >= 4 is 11.3 Å². The van der Waals surface area contributed by atoms with E-state index in [0.717, 1.165) is 37.7 Å². The third-order valence-electron chi connectivity index (χ3n) is 5.19. The zero-order chi connectivity index (χ0) is 17.8. The highest BCUT2D eigenvalue weighted by atomic mass is 32.1. The second-order valence-corrected chi connectivity index (χ2v) is 7.77. The summed E-state index contributed by atoms with van der Waals surface area (Å²) in [6.45, 7) is 7.72. The Balaban J connectivity index is 1.32. The van der Waals surface area contributed by atoms with Crippen molar-refractivity contribution in [1.82, 2.24) is 14.8 Å². The van der Waals surface area contributed by atoms with Gasteiger partial charge in [0.25, 0.3) is 0 Å². The maximum atomic E-state index is 4.84. The highest BCUT2D eigenvalue weighted by molar-refractivity contribution is 7.13. The topological polar surface area (TPSA) is 19.4 Å². The lowest BCUT2D eigenvalue weighted by Gasteiger charge is -2.38. The average molecular weight is 364 g/mol. The molecule has 4 heteroatoms. The van der Waals surface area contributed by atoms with Crippen LogP contribution in [0.25, 0.3) is 10.6 Å². The van der Waals surface area contributed by atoms with Gasteiger partial charge in [0.05, 0.1) is 5.69 Å². The third-order valence-corrected chi connectivity index (χ3v) is 6.13. The summed E-state index contributed by atoms with van der Waals surface area (Å²) in [5.74, 6) is 0. The molecule has 3 nitrogen and oxygen atoms in total. The normalized spacial score (nSPS) is 17.3. The van der Waals surface area contributed by atoms with Gasteiger partial charge in [-0.25, -0.2) is 4.98 Å². The summed E-state index contributed by atoms with van der Waals surface area (Å²) in [5, 5.41) is 3.33. The Kier molecular flexibility index (Phi) is 5.44. The van der Waals surface area contributed by atoms with Crippen molar-refractivity contribution in [2.75, 3.05) is 26.2 Å². The molecule has 1 atom stereocenters. The number of rotatable bonds is 5. The van der Waals surface area contributed by atoms with Gasteiger partial charge < -0.3 is 0 Å². The van der Waals surface area contributed by atoms with E-state index >= 15 is 0 Å². The summed E-state index contributed by atoms with van der Waals surface area (Å²) in [6, 6.07) is 21.8. The summed E-state index contributed by atoms with van der Waals surface area (Å²) in [5.41, 5.74) is 3.82. The zero-order valence-electron chi connectivity index (χ0n) is 15.2. The Morgan fingerprint density at radius 2 is 1.58 bits per heavy atom. The first-order valence-corrected chi connectivity index (χ1v) is 10.2. The molecule has 2 aromatic carbocycles. The van der Waals surface area contributed by atoms with E-state index in [1.165, 1.54) is 16.8 Å². The van der Waals surface area contributed by atoms with E-state index in [2.05, 4.69) is 76.7 Å². The fraction of sp³-hybridized carbons (Fsp3) is 0.318. The number of nitrogens with zero attached hydrogens (tertiary/aromatic N) is 3. The molecule has 1 aromatic heterocycles. The Bertz CT molecular complexity index is 808. The van der Waals surface area contributed by atoms with Gasteiger partial charge in [-0.2, -0.15) is 0 Å². The number of benzene rings is 2. The Morgan fingerprint density at radius 1 is 0.923 bits per heavy atom. The lowest BCUT2D eigenvalue weighted by Crippen LogP contribution is -2.46. The van der Waals surface area contributed by atoms with Crippen molar-refractivity contribution in [3.63, 3.8) is 0 Å². The highest BCUT2D eigenvalue weighted by Crippen LogP contribution is 2.25. The number of aromatic nitrogens is 1. The number of hydrogen-bond donors (Lipinski definition) is 0. The van der Waals surface area contributed by atoms with Crippen molar-refractivity contribution in [2.45, 2.75) is 19.5 Å². The maximum absolute atomic E-state index is 4.84. The lowest BCUT2D eigenvalue weighted by atomic mass is 10.1. The minimum Gasteiger partial charge on any atom is -0.295 e. The van der Waals surface area contributed by atoms with Crippen molar-refractivity contribution in [1.29, 1.82) is 0 Å². The number of thiazole rings is 1. The molecule has 0 bridgehead atoms. The molecule has 134 valence electrons. The molecule has 1 aliphatic heterocycles. The van der Waals surface area contributed by atoms with Crippen LogP contribution in [0.3, 0.4) is 0 Å². The fourth-order valence-electron chi connectivity index (χ4n) is 3.57. The van der Waals surface area contributed by atoms with Gasteiger partial charge in [0.15, 0.2) is 0 Å². The van der Waals surface area contributed by atoms with Gasteiger partial charge in [0.1, 0.15) is 5.01 Å². The van der Waals surface area contributed by atoms with Crippen LogP contribution in [0.15, 0.2) is 66.0 Å². The molecule has 0 radical (unpaired) electrons. The first kappa shape index (κ1) is 17.4. The number of piperazine rings is 1. The van der Waals surface area contributed by atoms with Crippen LogP contribution >= 0.6 is 11.3 Å². The summed E-state index contributed by atoms with van der Waals surface area (Å²) < 4.78 is 0. The molecule has 2 heterocycles. The van der Waals surface area contributed by atoms with Crippen molar-refractivity contribution in [2.24, 2.45) is 0 Å². The summed E-state index contributed by atoms with van der Waals surface area (Å²) in [4.78, 5) is 9.95. The lowest BCUT2D eigenvalue weighted by molar-refractivity contribution is 0.0972. The molecule has 0 N–H and O–H groups in total. The largest absolute Gasteiger partial charge is 0.295 e. The van der Waals surface area contributed by atoms with E-state index in [1.807, 2.05) is 6.07 Å². The molecule has 1 unspecified atom stereocenters. The number of hydrogen-bond acceptors (Lipinski definition) is 4. The molecule has 0 saturated carbocycles. The van der Waals surface area contributed by atoms with Crippen LogP contribution in [0, 0.1) is 0 Å². The minimum atomic E-state index is 0.488. The highest BCUT2D eigenvalue weighted by Gasteiger charge is 2.22. The fourth-order valence-corrected chi connectivity index (χ4v) is 4.39. The van der Waals surface area contributed by atoms with Crippen molar-refractivity contribution in [3.05, 3.63) is 77.3 Å². The van der Waals surface area contributed by atoms with Crippen LogP contribution in [0.5, 0.6) is 0 Å². The monoisotopic (exact) mass is 363 g/mol. The molecule has 3 aromatic rings. The molecule has 0 amide bonds. The van der Waals surface area contributed by atoms with Gasteiger partial charge in [-0.3, -0.25) is 9.80 Å². The molecule has 1 aliphatic rings. The standard InChI is InChI=1S/C22H25N3S/c1-18(19-8-4-2-5-9-19)25-14-12-24(13-15-25)16-21-17-26-22(23-21)20-10-6-3-7-11-20/h2-11,17-18H,12-16H2,1H3. The summed E-state index contributed by atoms with van der Waals surface area (Å²) in [7, 11) is 0. The summed E-state index contributed by atoms with van der Waals surface area (Å²) in [6.07, 6.45) is 0. The van der Waals surface area contributed by atoms with E-state index in [1.54, 1.807) is 11.3 Å². The molecule has 1 saturated heterocycles. The molecule has 1 fully saturated rings. The molecular formula is C22H25N3S. The van der Waals surface area contributed by atoms with Gasteiger partial charge in [0.2, 0.25) is 0 Å². The summed E-state index contributed by atoms with van der Waals surface area (Å²) >= 11 is 1.75. The van der Waals surface area contributed by atoms with Crippen LogP contribution in [0.2, 0.25) is 0 Å². The zero-order valence-corrected chi connectivity index (χ0v) is 16.0. The second-order valence-electron chi connectivity index (χ2n) is 6.91. The van der Waals surface area contributed by atoms with Gasteiger partial charge in [-0.15, -0.1) is 11.3 Å². The SMILES string of the molecule is CC(c1ccccc1)N1CCN(Cc2csc(-c3ccccc3)n2)CC1. The van der Waals surface area contributed by atoms with Crippen molar-refractivity contribution < 1.29 is 0 Å². The Hall–Kier alpha value is -2.01. The molecule has 0 aliphatic carbocycles. The molecule has 0 spiro atoms. The van der Waals surface area contributed by atoms with E-state index in [0.29, 0.717) is 6.04 Å². The molecular weight excluding hydrogens is 338 g/mol. The van der Waals surface area contributed by atoms with Gasteiger partial charge >= 0.3 is 0 Å². The van der Waals surface area contributed by atoms with E-state index < -0.39 is 0 Å². The van der Waals surface area contributed by atoms with Gasteiger partial charge in [0, 0.05) is 49.7 Å². The van der Waals surface area contributed by atoms with Crippen molar-refractivity contribution in [3.8, 4) is 10.6 Å². The predicted molar refractivity (Wildman–Crippen MR) is 109 cm³/mol. The predicted octanol–water partition coefficient (Wildman–Crippen LogP) is 4.69. The second kappa shape index (κ2) is 8.12. The minimum absolute atomic E-state index is 0.488. The van der Waals surface area contributed by atoms with Crippen LogP contribution in [-0.4, -0.2) is 41.0 Å². The quantitative estimate of drug-likeness (QED) is 0.656. The maximum Gasteiger partial charge on any atom is 0.123 e. The van der Waals surface area contributed by atoms with E-state index in [4.69, 9.17) is 4.98 Å². The van der Waals surface area contributed by atoms with Crippen LogP contribution in [0.4, 0.5) is 0 Å². The first-order chi connectivity index (χ1) is 12.8. The van der Waals surface area contributed by atoms with Crippen LogP contribution in [0.1, 0.15) is 24.2 Å². The van der Waals surface area contributed by atoms with Crippen LogP contribution < -0.4 is 0 Å². The molecule has 4 rings (SSSR count). The third kappa shape index (κ3) is 4.04. The van der Waals surface area contributed by atoms with Crippen LogP contribution in [-0.2, 0) is 6.54 Å². The smallest absolute Gasteiger partial charge is 0.123 e. The van der Waals surface area contributed by atoms with E-state index in [-0.39, 0.29) is 0 Å². The molecule has 26 heavy (non-hydrogen) atoms. The van der Waals surface area contributed by atoms with Gasteiger partial charge in [-0.05, 0) is 12.5 Å². The Morgan fingerprint density at radius 3 is 2.27 bits per heavy atom. The Labute approximate surface area is 159 Å².